The van der Waals surface area contributed by atoms with Crippen LogP contribution in [0.5, 0.6) is 0 Å². The molecule has 0 amide bonds. The Labute approximate surface area is 257 Å². The van der Waals surface area contributed by atoms with Crippen LogP contribution in [0.2, 0.25) is 0 Å². The number of rotatable bonds is 13. The molecule has 0 saturated carbocycles. The maximum absolute atomic E-state index is 12.9. The predicted molar refractivity (Wildman–Crippen MR) is 141 cm³/mol. The zero-order valence-corrected chi connectivity index (χ0v) is 26.7. The van der Waals surface area contributed by atoms with E-state index in [4.69, 9.17) is 18.5 Å². The quantitative estimate of drug-likeness (QED) is 0.190. The molecule has 0 bridgehead atoms. The summed E-state index contributed by atoms with van der Waals surface area (Å²) in [6.45, 7) is 0.896. The second kappa shape index (κ2) is 14.0. The lowest BCUT2D eigenvalue weighted by atomic mass is 10.2. The number of nitrogens with one attached hydrogen (secondary N) is 2. The molecule has 0 spiro atoms. The maximum Gasteiger partial charge on any atom is 0.330 e. The van der Waals surface area contributed by atoms with E-state index in [1.807, 2.05) is 9.97 Å². The molecule has 0 radical (unpaired) electrons. The first-order valence-corrected chi connectivity index (χ1v) is 17.5. The van der Waals surface area contributed by atoms with Crippen molar-refractivity contribution in [2.75, 3.05) is 20.3 Å². The number of H-pyrrole nitrogens is 2. The van der Waals surface area contributed by atoms with E-state index in [0.717, 1.165) is 28.6 Å². The standard InChI is InChI=1S/C21H31N4O18P3/c1-10-6-24(20(28)22-18(10)26)16-4-12(42-44(30,31)32)14(40-16)9-39-46(35,36)43-13-5-17(25-7-11(2)19(27)23-21(25)29)41-15(13)8-38-45(33,34)37-3/h6-7,12-17H,4-5,8-9H2,1-3H3,(H,33,34)(H,35,36)(H,22,26,28)(H,23,27,29)(H2,30,31,32)/p-4. The van der Waals surface area contributed by atoms with E-state index in [1.54, 1.807) is 0 Å². The highest BCUT2D eigenvalue weighted by atomic mass is 31.2. The molecule has 2 aromatic rings. The highest BCUT2D eigenvalue weighted by molar-refractivity contribution is 7.46. The lowest BCUT2D eigenvalue weighted by Crippen LogP contribution is -2.34. The molecule has 4 heterocycles. The number of nitrogens with zero attached hydrogens (tertiary/aromatic N) is 2. The van der Waals surface area contributed by atoms with Gasteiger partial charge < -0.3 is 56.2 Å². The fraction of sp³-hybridized carbons (Fsp3) is 0.619. The van der Waals surface area contributed by atoms with Gasteiger partial charge in [0.1, 0.15) is 24.7 Å². The van der Waals surface area contributed by atoms with E-state index in [1.165, 1.54) is 13.8 Å². The fourth-order valence-corrected chi connectivity index (χ4v) is 6.54. The van der Waals surface area contributed by atoms with Crippen LogP contribution in [0.15, 0.2) is 31.6 Å². The van der Waals surface area contributed by atoms with Crippen molar-refractivity contribution in [3.63, 3.8) is 0 Å². The Morgan fingerprint density at radius 1 is 0.761 bits per heavy atom. The number of ether oxygens (including phenoxy) is 2. The molecular weight excluding hydrogens is 689 g/mol. The predicted octanol–water partition coefficient (Wildman–Crippen LogP) is -3.51. The van der Waals surface area contributed by atoms with Crippen molar-refractivity contribution in [2.45, 2.75) is 63.6 Å². The first kappa shape index (κ1) is 36.4. The van der Waals surface area contributed by atoms with E-state index < -0.39 is 109 Å². The summed E-state index contributed by atoms with van der Waals surface area (Å²) in [5.41, 5.74) is -3.12. The first-order chi connectivity index (χ1) is 21.3. The normalized spacial score (nSPS) is 27.8. The van der Waals surface area contributed by atoms with Crippen LogP contribution >= 0.6 is 23.5 Å². The number of aromatic amines is 2. The van der Waals surface area contributed by atoms with Gasteiger partial charge >= 0.3 is 11.4 Å². The van der Waals surface area contributed by atoms with Crippen molar-refractivity contribution in [3.05, 3.63) is 65.2 Å². The van der Waals surface area contributed by atoms with Crippen LogP contribution in [0, 0.1) is 13.8 Å². The van der Waals surface area contributed by atoms with Crippen molar-refractivity contribution in [1.29, 1.82) is 0 Å². The molecule has 46 heavy (non-hydrogen) atoms. The topological polar surface area (TPSA) is 318 Å². The summed E-state index contributed by atoms with van der Waals surface area (Å²) in [6, 6.07) is 0. The number of hydrogen-bond acceptors (Lipinski definition) is 18. The van der Waals surface area contributed by atoms with E-state index >= 15 is 0 Å². The Morgan fingerprint density at radius 2 is 1.17 bits per heavy atom. The van der Waals surface area contributed by atoms with Gasteiger partial charge in [-0.25, -0.2) is 9.59 Å². The zero-order valence-electron chi connectivity index (χ0n) is 24.0. The van der Waals surface area contributed by atoms with Crippen molar-refractivity contribution >= 4 is 23.5 Å². The van der Waals surface area contributed by atoms with Gasteiger partial charge in [-0.15, -0.1) is 0 Å². The van der Waals surface area contributed by atoms with E-state index in [2.05, 4.69) is 13.6 Å². The Balaban J connectivity index is 1.51. The third-order valence-electron chi connectivity index (χ3n) is 6.82. The van der Waals surface area contributed by atoms with Crippen molar-refractivity contribution in [3.8, 4) is 0 Å². The molecule has 0 aromatic carbocycles. The number of aryl methyl sites for hydroxylation is 2. The second-order valence-electron chi connectivity index (χ2n) is 10.1. The minimum Gasteiger partial charge on any atom is -0.790 e. The SMILES string of the molecule is COP(=O)([O-])OCC1OC(n2cc(C)c(=O)[nH]c2=O)CC1OP(=O)([O-])OCC1OC(n2cc(C)c(=O)[nH]c2=O)CC1OP(=O)([O-])[O-]. The largest absolute Gasteiger partial charge is 0.790 e. The number of aromatic nitrogens is 4. The number of phosphoric ester groups is 3. The van der Waals surface area contributed by atoms with Crippen LogP contribution in [0.1, 0.15) is 36.4 Å². The second-order valence-corrected chi connectivity index (χ2v) is 14.1. The molecule has 4 rings (SSSR count). The Kier molecular flexibility index (Phi) is 11.1. The van der Waals surface area contributed by atoms with Gasteiger partial charge in [0, 0.05) is 43.5 Å². The lowest BCUT2D eigenvalue weighted by molar-refractivity contribution is -0.345. The highest BCUT2D eigenvalue weighted by Crippen LogP contribution is 2.47. The average molecular weight is 716 g/mol. The molecule has 8 unspecified atom stereocenters. The molecule has 258 valence electrons. The minimum absolute atomic E-state index is 0.0740. The summed E-state index contributed by atoms with van der Waals surface area (Å²) in [5, 5.41) is 0. The smallest absolute Gasteiger partial charge is 0.330 e. The molecule has 25 heteroatoms. The third kappa shape index (κ3) is 9.15. The molecule has 0 aliphatic carbocycles. The maximum atomic E-state index is 12.9. The van der Waals surface area contributed by atoms with Gasteiger partial charge in [0.05, 0.1) is 33.2 Å². The summed E-state index contributed by atoms with van der Waals surface area (Å²) in [6.07, 6.45) is -7.52. The molecule has 2 fully saturated rings. The van der Waals surface area contributed by atoms with Crippen LogP contribution in [0.4, 0.5) is 0 Å². The van der Waals surface area contributed by atoms with Crippen LogP contribution in [-0.2, 0) is 45.8 Å². The van der Waals surface area contributed by atoms with Gasteiger partial charge in [0.2, 0.25) is 0 Å². The molecular formula is C21H27N4O18P3-4. The minimum atomic E-state index is -5.67. The van der Waals surface area contributed by atoms with Crippen LogP contribution < -0.4 is 42.1 Å². The molecule has 2 N–H and O–H groups in total. The van der Waals surface area contributed by atoms with Crippen LogP contribution in [0.25, 0.3) is 0 Å². The van der Waals surface area contributed by atoms with Gasteiger partial charge in [-0.1, -0.05) is 0 Å². The number of hydrogen-bond donors (Lipinski definition) is 2. The monoisotopic (exact) mass is 716 g/mol. The third-order valence-corrected chi connectivity index (χ3v) is 9.26. The molecule has 8 atom stereocenters. The van der Waals surface area contributed by atoms with Crippen LogP contribution in [-0.4, -0.2) is 63.8 Å². The van der Waals surface area contributed by atoms with Crippen molar-refractivity contribution in [2.24, 2.45) is 0 Å². The summed E-state index contributed by atoms with van der Waals surface area (Å²) in [4.78, 5) is 99.5. The van der Waals surface area contributed by atoms with Gasteiger partial charge in [-0.05, 0) is 13.8 Å². The molecule has 2 aliphatic heterocycles. The summed E-state index contributed by atoms with van der Waals surface area (Å²) >= 11 is 0. The molecule has 22 nitrogen and oxygen atoms in total. The molecule has 2 saturated heterocycles. The molecule has 2 aromatic heterocycles. The zero-order chi connectivity index (χ0) is 34.2. The van der Waals surface area contributed by atoms with E-state index in [9.17, 15) is 52.4 Å². The van der Waals surface area contributed by atoms with Crippen LogP contribution in [0.3, 0.4) is 0 Å². The summed E-state index contributed by atoms with van der Waals surface area (Å²) in [5.74, 6) is 0. The lowest BCUT2D eigenvalue weighted by Gasteiger charge is -2.34. The summed E-state index contributed by atoms with van der Waals surface area (Å²) < 4.78 is 72.3. The van der Waals surface area contributed by atoms with Crippen molar-refractivity contribution < 1.29 is 65.4 Å². The first-order valence-electron chi connectivity index (χ1n) is 13.1. The van der Waals surface area contributed by atoms with Crippen molar-refractivity contribution in [1.82, 2.24) is 19.1 Å². The Bertz CT molecular complexity index is 1810. The highest BCUT2D eigenvalue weighted by Gasteiger charge is 2.42. The fourth-order valence-electron chi connectivity index (χ4n) is 4.61. The Hall–Kier alpha value is -2.39. The van der Waals surface area contributed by atoms with Gasteiger partial charge in [-0.3, -0.25) is 37.8 Å². The van der Waals surface area contributed by atoms with E-state index in [0.29, 0.717) is 0 Å². The number of phosphoric acid groups is 3. The van der Waals surface area contributed by atoms with E-state index in [-0.39, 0.29) is 11.1 Å². The summed E-state index contributed by atoms with van der Waals surface area (Å²) in [7, 11) is -15.1. The van der Waals surface area contributed by atoms with Gasteiger partial charge in [0.15, 0.2) is 0 Å². The molecule has 2 aliphatic rings. The average Bonchev–Trinajstić information content (AvgIpc) is 3.52. The van der Waals surface area contributed by atoms with Gasteiger partial charge in [0.25, 0.3) is 26.8 Å². The Morgan fingerprint density at radius 3 is 1.59 bits per heavy atom. The van der Waals surface area contributed by atoms with Gasteiger partial charge in [-0.2, -0.15) is 0 Å².